The Morgan fingerprint density at radius 2 is 2.11 bits per heavy atom. The van der Waals surface area contributed by atoms with Crippen molar-refractivity contribution < 1.29 is 14.7 Å². The molecule has 28 heavy (non-hydrogen) atoms. The molecule has 3 aromatic rings. The topological polar surface area (TPSA) is 99.2 Å². The van der Waals surface area contributed by atoms with Crippen LogP contribution in [0, 0.1) is 5.92 Å². The maximum absolute atomic E-state index is 13.1. The summed E-state index contributed by atoms with van der Waals surface area (Å²) < 4.78 is 0. The Kier molecular flexibility index (Phi) is 4.89. The number of aromatic nitrogens is 3. The fraction of sp³-hybridized carbons (Fsp3) is 0.238. The highest BCUT2D eigenvalue weighted by atomic mass is 16.4. The Morgan fingerprint density at radius 3 is 2.89 bits per heavy atom. The maximum atomic E-state index is 13.1. The average molecular weight is 376 g/mol. The van der Waals surface area contributed by atoms with Crippen molar-refractivity contribution in [1.29, 1.82) is 0 Å². The van der Waals surface area contributed by atoms with E-state index in [4.69, 9.17) is 5.11 Å². The molecule has 0 radical (unpaired) electrons. The maximum Gasteiger partial charge on any atom is 0.337 e. The lowest BCUT2D eigenvalue weighted by Gasteiger charge is -2.18. The number of pyridine rings is 1. The molecule has 1 fully saturated rings. The number of nitrogens with zero attached hydrogens (tertiary/aromatic N) is 3. The van der Waals surface area contributed by atoms with Gasteiger partial charge in [0.2, 0.25) is 0 Å². The van der Waals surface area contributed by atoms with E-state index >= 15 is 0 Å². The Bertz CT molecular complexity index is 1000. The van der Waals surface area contributed by atoms with E-state index in [0.717, 1.165) is 17.5 Å². The van der Waals surface area contributed by atoms with Gasteiger partial charge in [0.15, 0.2) is 0 Å². The zero-order valence-corrected chi connectivity index (χ0v) is 15.2. The molecule has 2 aromatic heterocycles. The van der Waals surface area contributed by atoms with Gasteiger partial charge in [0.05, 0.1) is 11.1 Å². The standard InChI is InChI=1S/C21H20N4O3/c26-20(18-4-2-1-3-17(18)19-23-6-7-24-19)25-8-5-14(13-25)9-15-10-16(21(27)28)12-22-11-15/h1-4,6-7,10-12,14H,5,8-9,13H2,(H,23,24)(H,27,28). The van der Waals surface area contributed by atoms with Crippen LogP contribution in [0.2, 0.25) is 0 Å². The van der Waals surface area contributed by atoms with E-state index in [9.17, 15) is 9.59 Å². The largest absolute Gasteiger partial charge is 0.478 e. The van der Waals surface area contributed by atoms with E-state index < -0.39 is 5.97 Å². The average Bonchev–Trinajstić information content (AvgIpc) is 3.40. The summed E-state index contributed by atoms with van der Waals surface area (Å²) in [6, 6.07) is 9.13. The fourth-order valence-electron chi connectivity index (χ4n) is 3.69. The number of carbonyl (C=O) groups excluding carboxylic acids is 1. The van der Waals surface area contributed by atoms with Gasteiger partial charge < -0.3 is 15.0 Å². The number of hydrogen-bond acceptors (Lipinski definition) is 4. The number of hydrogen-bond donors (Lipinski definition) is 2. The molecular weight excluding hydrogens is 356 g/mol. The van der Waals surface area contributed by atoms with Crippen LogP contribution in [0.15, 0.2) is 55.1 Å². The highest BCUT2D eigenvalue weighted by Gasteiger charge is 2.28. The Labute approximate surface area is 162 Å². The van der Waals surface area contributed by atoms with Crippen molar-refractivity contribution in [3.05, 3.63) is 71.8 Å². The number of amides is 1. The lowest BCUT2D eigenvalue weighted by atomic mass is 9.99. The monoisotopic (exact) mass is 376 g/mol. The normalized spacial score (nSPS) is 16.3. The minimum Gasteiger partial charge on any atom is -0.478 e. The number of H-pyrrole nitrogens is 1. The second kappa shape index (κ2) is 7.64. The molecule has 1 amide bonds. The molecule has 7 nitrogen and oxygen atoms in total. The SMILES string of the molecule is O=C(O)c1cncc(CC2CCN(C(=O)c3ccccc3-c3ncc[nH]3)C2)c1. The summed E-state index contributed by atoms with van der Waals surface area (Å²) >= 11 is 0. The fourth-order valence-corrected chi connectivity index (χ4v) is 3.69. The van der Waals surface area contributed by atoms with Crippen molar-refractivity contribution in [2.75, 3.05) is 13.1 Å². The van der Waals surface area contributed by atoms with Crippen molar-refractivity contribution >= 4 is 11.9 Å². The van der Waals surface area contributed by atoms with Gasteiger partial charge in [-0.3, -0.25) is 9.78 Å². The first-order valence-corrected chi connectivity index (χ1v) is 9.17. The van der Waals surface area contributed by atoms with Crippen LogP contribution in [-0.4, -0.2) is 49.9 Å². The predicted octanol–water partition coefficient (Wildman–Crippen LogP) is 2.87. The zero-order chi connectivity index (χ0) is 19.5. The van der Waals surface area contributed by atoms with Crippen LogP contribution in [0.4, 0.5) is 0 Å². The molecule has 1 saturated heterocycles. The molecule has 0 spiro atoms. The van der Waals surface area contributed by atoms with Crippen LogP contribution < -0.4 is 0 Å². The van der Waals surface area contributed by atoms with Crippen molar-refractivity contribution in [2.24, 2.45) is 5.92 Å². The van der Waals surface area contributed by atoms with Crippen LogP contribution in [0.1, 0.15) is 32.7 Å². The van der Waals surface area contributed by atoms with Crippen molar-refractivity contribution in [1.82, 2.24) is 19.9 Å². The second-order valence-electron chi connectivity index (χ2n) is 6.98. The minimum absolute atomic E-state index is 0.00749. The lowest BCUT2D eigenvalue weighted by Crippen LogP contribution is -2.29. The first-order valence-electron chi connectivity index (χ1n) is 9.17. The van der Waals surface area contributed by atoms with E-state index in [1.807, 2.05) is 29.2 Å². The molecule has 4 rings (SSSR count). The van der Waals surface area contributed by atoms with E-state index in [0.29, 0.717) is 30.9 Å². The first-order chi connectivity index (χ1) is 13.6. The van der Waals surface area contributed by atoms with Crippen molar-refractivity contribution in [2.45, 2.75) is 12.8 Å². The second-order valence-corrected chi connectivity index (χ2v) is 6.98. The summed E-state index contributed by atoms with van der Waals surface area (Å²) in [7, 11) is 0. The van der Waals surface area contributed by atoms with Crippen LogP contribution >= 0.6 is 0 Å². The molecule has 7 heteroatoms. The van der Waals surface area contributed by atoms with E-state index in [-0.39, 0.29) is 17.4 Å². The van der Waals surface area contributed by atoms with Gasteiger partial charge in [-0.2, -0.15) is 0 Å². The number of carboxylic acid groups (broad SMARTS) is 1. The predicted molar refractivity (Wildman–Crippen MR) is 103 cm³/mol. The summed E-state index contributed by atoms with van der Waals surface area (Å²) in [5.74, 6) is -0.0270. The number of carboxylic acids is 1. The van der Waals surface area contributed by atoms with Gasteiger partial charge in [-0.05, 0) is 36.5 Å². The molecular formula is C21H20N4O3. The first kappa shape index (κ1) is 17.9. The third-order valence-corrected chi connectivity index (χ3v) is 5.05. The number of aromatic carboxylic acids is 1. The van der Waals surface area contributed by atoms with Gasteiger partial charge >= 0.3 is 5.97 Å². The number of carbonyl (C=O) groups is 2. The number of rotatable bonds is 5. The number of aromatic amines is 1. The van der Waals surface area contributed by atoms with E-state index in [1.54, 1.807) is 24.7 Å². The summed E-state index contributed by atoms with van der Waals surface area (Å²) in [5, 5.41) is 9.11. The molecule has 1 aromatic carbocycles. The smallest absolute Gasteiger partial charge is 0.337 e. The summed E-state index contributed by atoms with van der Waals surface area (Å²) in [5.41, 5.74) is 2.50. The molecule has 1 atom stereocenters. The highest BCUT2D eigenvalue weighted by Crippen LogP contribution is 2.26. The van der Waals surface area contributed by atoms with Crippen LogP contribution in [0.3, 0.4) is 0 Å². The summed E-state index contributed by atoms with van der Waals surface area (Å²) in [6.07, 6.45) is 8.04. The lowest BCUT2D eigenvalue weighted by molar-refractivity contribution is 0.0695. The van der Waals surface area contributed by atoms with Gasteiger partial charge in [-0.25, -0.2) is 9.78 Å². The van der Waals surface area contributed by atoms with Crippen molar-refractivity contribution in [3.8, 4) is 11.4 Å². The molecule has 1 unspecified atom stereocenters. The molecule has 3 heterocycles. The number of imidazole rings is 1. The number of benzene rings is 1. The third kappa shape index (κ3) is 3.64. The van der Waals surface area contributed by atoms with Crippen molar-refractivity contribution in [3.63, 3.8) is 0 Å². The van der Waals surface area contributed by atoms with Gasteiger partial charge in [0.1, 0.15) is 5.82 Å². The molecule has 1 aliphatic heterocycles. The number of nitrogens with one attached hydrogen (secondary N) is 1. The molecule has 0 saturated carbocycles. The summed E-state index contributed by atoms with van der Waals surface area (Å²) in [4.78, 5) is 37.4. The van der Waals surface area contributed by atoms with Gasteiger partial charge in [-0.1, -0.05) is 18.2 Å². The minimum atomic E-state index is -0.980. The van der Waals surface area contributed by atoms with Crippen LogP contribution in [0.5, 0.6) is 0 Å². The molecule has 2 N–H and O–H groups in total. The molecule has 0 aliphatic carbocycles. The summed E-state index contributed by atoms with van der Waals surface area (Å²) in [6.45, 7) is 1.32. The molecule has 0 bridgehead atoms. The van der Waals surface area contributed by atoms with Crippen LogP contribution in [-0.2, 0) is 6.42 Å². The van der Waals surface area contributed by atoms with Crippen LogP contribution in [0.25, 0.3) is 11.4 Å². The third-order valence-electron chi connectivity index (χ3n) is 5.05. The van der Waals surface area contributed by atoms with Gasteiger partial charge in [0.25, 0.3) is 5.91 Å². The molecule has 1 aliphatic rings. The van der Waals surface area contributed by atoms with Gasteiger partial charge in [0, 0.05) is 43.4 Å². The quantitative estimate of drug-likeness (QED) is 0.713. The Balaban J connectivity index is 1.47. The zero-order valence-electron chi connectivity index (χ0n) is 15.2. The molecule has 142 valence electrons. The Hall–Kier alpha value is -3.48. The Morgan fingerprint density at radius 1 is 1.25 bits per heavy atom. The van der Waals surface area contributed by atoms with E-state index in [2.05, 4.69) is 15.0 Å². The van der Waals surface area contributed by atoms with E-state index in [1.165, 1.54) is 6.20 Å². The van der Waals surface area contributed by atoms with Gasteiger partial charge in [-0.15, -0.1) is 0 Å². The highest BCUT2D eigenvalue weighted by molar-refractivity contribution is 6.00. The number of likely N-dealkylation sites (tertiary alicyclic amines) is 1.